The van der Waals surface area contributed by atoms with Crippen LogP contribution in [0.25, 0.3) is 10.9 Å². The number of benzene rings is 3. The van der Waals surface area contributed by atoms with Gasteiger partial charge in [0.15, 0.2) is 5.78 Å². The molecule has 0 spiro atoms. The molecule has 4 N–H and O–H groups in total. The first kappa shape index (κ1) is 39.0. The predicted octanol–water partition coefficient (Wildman–Crippen LogP) is 3.53. The van der Waals surface area contributed by atoms with Crippen LogP contribution in [0.3, 0.4) is 0 Å². The van der Waals surface area contributed by atoms with Crippen molar-refractivity contribution >= 4 is 63.5 Å². The number of amides is 6. The third-order valence-electron chi connectivity index (χ3n) is 12.1. The number of hydrogen-bond acceptors (Lipinski definition) is 10. The SMILES string of the molecule is CCc1cc2c(cc1N1CCN(C(=O)CCC(=O)NCCNc3cccc4c3C(=O)N(C3CCC(=O)NC3=O)C4=O)CC1)C(C)(C)c1[nH]c3cc(C#N)ccc3c1C2=O. The first-order chi connectivity index (χ1) is 28.3. The number of nitrogens with zero attached hydrogens (tertiary/aromatic N) is 4. The lowest BCUT2D eigenvalue weighted by atomic mass is 9.70. The summed E-state index contributed by atoms with van der Waals surface area (Å²) in [7, 11) is 0. The van der Waals surface area contributed by atoms with Crippen LogP contribution in [0, 0.1) is 11.3 Å². The largest absolute Gasteiger partial charge is 0.383 e. The molecule has 2 fully saturated rings. The van der Waals surface area contributed by atoms with E-state index in [1.807, 2.05) is 12.1 Å². The molecular formula is C44H44N8O7. The maximum absolute atomic E-state index is 14.1. The van der Waals surface area contributed by atoms with E-state index >= 15 is 0 Å². The number of imide groups is 2. The van der Waals surface area contributed by atoms with Crippen LogP contribution in [-0.4, -0.2) is 101 Å². The van der Waals surface area contributed by atoms with E-state index in [1.54, 1.807) is 29.2 Å². The molecule has 6 amide bonds. The number of rotatable bonds is 10. The molecule has 1 aromatic heterocycles. The van der Waals surface area contributed by atoms with Gasteiger partial charge >= 0.3 is 0 Å². The van der Waals surface area contributed by atoms with Crippen LogP contribution in [0.5, 0.6) is 0 Å². The van der Waals surface area contributed by atoms with Gasteiger partial charge in [0.1, 0.15) is 6.04 Å². The molecule has 1 aliphatic carbocycles. The number of piperidine rings is 1. The summed E-state index contributed by atoms with van der Waals surface area (Å²) >= 11 is 0. The highest BCUT2D eigenvalue weighted by atomic mass is 16.2. The highest BCUT2D eigenvalue weighted by Crippen LogP contribution is 2.46. The van der Waals surface area contributed by atoms with Crippen molar-refractivity contribution in [3.8, 4) is 6.07 Å². The Labute approximate surface area is 340 Å². The monoisotopic (exact) mass is 796 g/mol. The van der Waals surface area contributed by atoms with Crippen molar-refractivity contribution in [2.75, 3.05) is 49.5 Å². The van der Waals surface area contributed by atoms with E-state index in [-0.39, 0.29) is 67.5 Å². The number of aromatic amines is 1. The molecule has 4 aromatic rings. The van der Waals surface area contributed by atoms with Crippen LogP contribution in [0.1, 0.15) is 105 Å². The number of H-pyrrole nitrogens is 1. The zero-order valence-corrected chi connectivity index (χ0v) is 33.1. The second kappa shape index (κ2) is 15.2. The normalized spacial score (nSPS) is 18.3. The second-order valence-corrected chi connectivity index (χ2v) is 15.9. The van der Waals surface area contributed by atoms with Gasteiger partial charge in [0.05, 0.1) is 28.3 Å². The number of piperazine rings is 1. The Morgan fingerprint density at radius 1 is 0.915 bits per heavy atom. The molecule has 3 aromatic carbocycles. The number of carbonyl (C=O) groups is 7. The van der Waals surface area contributed by atoms with E-state index in [1.165, 1.54) is 6.07 Å². The zero-order valence-electron chi connectivity index (χ0n) is 33.1. The van der Waals surface area contributed by atoms with Gasteiger partial charge in [-0.05, 0) is 60.4 Å². The van der Waals surface area contributed by atoms with Crippen LogP contribution in [0.4, 0.5) is 11.4 Å². The van der Waals surface area contributed by atoms with Crippen molar-refractivity contribution in [3.05, 3.63) is 93.2 Å². The summed E-state index contributed by atoms with van der Waals surface area (Å²) in [6.45, 7) is 8.89. The van der Waals surface area contributed by atoms with Gasteiger partial charge in [0.25, 0.3) is 11.8 Å². The second-order valence-electron chi connectivity index (χ2n) is 15.9. The molecule has 302 valence electrons. The number of carbonyl (C=O) groups excluding carboxylic acids is 7. The number of nitrogens with one attached hydrogen (secondary N) is 4. The molecule has 4 heterocycles. The number of aromatic nitrogens is 1. The molecule has 3 aliphatic heterocycles. The third-order valence-corrected chi connectivity index (χ3v) is 12.1. The number of hydrogen-bond donors (Lipinski definition) is 4. The summed E-state index contributed by atoms with van der Waals surface area (Å²) in [5, 5.41) is 18.3. The third kappa shape index (κ3) is 6.77. The van der Waals surface area contributed by atoms with Crippen LogP contribution < -0.4 is 20.9 Å². The first-order valence-electron chi connectivity index (χ1n) is 20.0. The Bertz CT molecular complexity index is 2540. The van der Waals surface area contributed by atoms with Crippen LogP contribution in [-0.2, 0) is 31.0 Å². The molecule has 0 saturated carbocycles. The van der Waals surface area contributed by atoms with Crippen molar-refractivity contribution in [3.63, 3.8) is 0 Å². The smallest absolute Gasteiger partial charge is 0.264 e. The summed E-state index contributed by atoms with van der Waals surface area (Å²) in [6.07, 6.45) is 0.869. The summed E-state index contributed by atoms with van der Waals surface area (Å²) in [6, 6.07) is 15.4. The molecule has 0 bridgehead atoms. The summed E-state index contributed by atoms with van der Waals surface area (Å²) in [5.74, 6) is -2.79. The van der Waals surface area contributed by atoms with Crippen molar-refractivity contribution in [2.45, 2.75) is 64.3 Å². The fourth-order valence-corrected chi connectivity index (χ4v) is 8.88. The standard InChI is InChI=1S/C44H44N8O7/c1-4-25-21-28-29(44(2,3)40-38(39(28)56)26-9-8-24(23-45)20-31(26)48-40)22-33(25)50-16-18-51(19-17-50)36(55)13-12-34(53)47-15-14-46-30-7-5-6-27-37(30)43(59)52(42(27)58)32-10-11-35(54)49-41(32)57/h5-9,20-22,32,46,48H,4,10-19H2,1-3H3,(H,47,53)(H,49,54,57). The first-order valence-corrected chi connectivity index (χ1v) is 20.0. The van der Waals surface area contributed by atoms with E-state index in [0.717, 1.165) is 44.7 Å². The lowest BCUT2D eigenvalue weighted by Gasteiger charge is -2.39. The Balaban J connectivity index is 0.835. The maximum Gasteiger partial charge on any atom is 0.264 e. The van der Waals surface area contributed by atoms with E-state index < -0.39 is 35.1 Å². The molecular weight excluding hydrogens is 753 g/mol. The molecule has 2 saturated heterocycles. The predicted molar refractivity (Wildman–Crippen MR) is 217 cm³/mol. The van der Waals surface area contributed by atoms with E-state index in [9.17, 15) is 38.8 Å². The van der Waals surface area contributed by atoms with Gasteiger partial charge in [-0.15, -0.1) is 0 Å². The van der Waals surface area contributed by atoms with E-state index in [0.29, 0.717) is 48.6 Å². The number of nitriles is 1. The lowest BCUT2D eigenvalue weighted by molar-refractivity contribution is -0.136. The van der Waals surface area contributed by atoms with E-state index in [4.69, 9.17) is 0 Å². The number of aryl methyl sites for hydroxylation is 1. The number of fused-ring (bicyclic) bond motifs is 5. The average molecular weight is 797 g/mol. The van der Waals surface area contributed by atoms with Crippen molar-refractivity contribution < 1.29 is 33.6 Å². The van der Waals surface area contributed by atoms with Gasteiger partial charge in [-0.3, -0.25) is 43.8 Å². The molecule has 8 rings (SSSR count). The van der Waals surface area contributed by atoms with Gasteiger partial charge < -0.3 is 25.4 Å². The number of anilines is 2. The molecule has 15 nitrogen and oxygen atoms in total. The summed E-state index contributed by atoms with van der Waals surface area (Å²) in [5.41, 5.74) is 6.66. The maximum atomic E-state index is 14.1. The molecule has 1 atom stereocenters. The fourth-order valence-electron chi connectivity index (χ4n) is 8.88. The number of ketones is 1. The van der Waals surface area contributed by atoms with Gasteiger partial charge in [-0.25, -0.2) is 0 Å². The fraction of sp³-hybridized carbons (Fsp3) is 0.364. The summed E-state index contributed by atoms with van der Waals surface area (Å²) < 4.78 is 0. The minimum atomic E-state index is -1.07. The molecule has 15 heteroatoms. The Morgan fingerprint density at radius 2 is 1.69 bits per heavy atom. The van der Waals surface area contributed by atoms with Crippen LogP contribution in [0.2, 0.25) is 0 Å². The van der Waals surface area contributed by atoms with Crippen LogP contribution >= 0.6 is 0 Å². The van der Waals surface area contributed by atoms with Gasteiger partial charge in [0.2, 0.25) is 23.6 Å². The molecule has 1 unspecified atom stereocenters. The van der Waals surface area contributed by atoms with E-state index in [2.05, 4.69) is 58.7 Å². The van der Waals surface area contributed by atoms with Crippen molar-refractivity contribution in [1.29, 1.82) is 5.26 Å². The van der Waals surface area contributed by atoms with Crippen molar-refractivity contribution in [2.24, 2.45) is 0 Å². The highest BCUT2D eigenvalue weighted by molar-refractivity contribution is 6.25. The Morgan fingerprint density at radius 3 is 2.42 bits per heavy atom. The molecule has 59 heavy (non-hydrogen) atoms. The van der Waals surface area contributed by atoms with Gasteiger partial charge in [-0.2, -0.15) is 5.26 Å². The average Bonchev–Trinajstić information content (AvgIpc) is 3.75. The quantitative estimate of drug-likeness (QED) is 0.136. The Hall–Kier alpha value is -6.82. The lowest BCUT2D eigenvalue weighted by Crippen LogP contribution is -2.54. The minimum absolute atomic E-state index is 0.00910. The van der Waals surface area contributed by atoms with Crippen molar-refractivity contribution in [1.82, 2.24) is 25.4 Å². The highest BCUT2D eigenvalue weighted by Gasteiger charge is 2.46. The minimum Gasteiger partial charge on any atom is -0.383 e. The Kier molecular flexibility index (Phi) is 10.0. The van der Waals surface area contributed by atoms with Gasteiger partial charge in [-0.1, -0.05) is 32.9 Å². The molecule has 0 radical (unpaired) electrons. The topological polar surface area (TPSA) is 205 Å². The summed E-state index contributed by atoms with van der Waals surface area (Å²) in [4.78, 5) is 98.9. The van der Waals surface area contributed by atoms with Crippen LogP contribution in [0.15, 0.2) is 48.5 Å². The zero-order chi connectivity index (χ0) is 41.7. The van der Waals surface area contributed by atoms with Gasteiger partial charge in [0, 0.05) is 97.5 Å². The molecule has 4 aliphatic rings.